The summed E-state index contributed by atoms with van der Waals surface area (Å²) >= 11 is 0. The molecule has 1 aliphatic rings. The van der Waals surface area contributed by atoms with Crippen LogP contribution >= 0.6 is 0 Å². The minimum absolute atomic E-state index is 0.176. The van der Waals surface area contributed by atoms with Crippen molar-refractivity contribution < 1.29 is 13.9 Å². The molecule has 2 aromatic rings. The Bertz CT molecular complexity index is 796. The first kappa shape index (κ1) is 16.6. The number of methoxy groups -OCH3 is 1. The van der Waals surface area contributed by atoms with Crippen molar-refractivity contribution in [1.82, 2.24) is 9.55 Å². The third kappa shape index (κ3) is 3.32. The van der Waals surface area contributed by atoms with Crippen LogP contribution < -0.4 is 5.56 Å². The molecule has 1 heterocycles. The minimum Gasteiger partial charge on any atom is -0.467 e. The number of aromatic nitrogens is 2. The lowest BCUT2D eigenvalue weighted by Crippen LogP contribution is -2.32. The van der Waals surface area contributed by atoms with Crippen molar-refractivity contribution >= 4 is 16.9 Å². The molecule has 0 saturated heterocycles. The largest absolute Gasteiger partial charge is 0.467 e. The zero-order chi connectivity index (χ0) is 17.1. The van der Waals surface area contributed by atoms with Gasteiger partial charge in [0.05, 0.1) is 24.3 Å². The lowest BCUT2D eigenvalue weighted by molar-refractivity contribution is -0.145. The number of esters is 1. The summed E-state index contributed by atoms with van der Waals surface area (Å²) in [5.74, 6) is -0.570. The average molecular weight is 332 g/mol. The molecule has 1 fully saturated rings. The molecule has 1 aromatic heterocycles. The maximum absolute atomic E-state index is 13.5. The first-order chi connectivity index (χ1) is 11.6. The SMILES string of the molecule is COC(=O)C(CC1CCCCC1)n1cnc2ccc(F)cc2c1=O. The summed E-state index contributed by atoms with van der Waals surface area (Å²) in [5, 5.41) is 0.176. The van der Waals surface area contributed by atoms with Gasteiger partial charge in [0.25, 0.3) is 5.56 Å². The number of fused-ring (bicyclic) bond motifs is 1. The van der Waals surface area contributed by atoms with E-state index >= 15 is 0 Å². The van der Waals surface area contributed by atoms with Gasteiger partial charge in [-0.1, -0.05) is 32.1 Å². The molecule has 6 heteroatoms. The van der Waals surface area contributed by atoms with Gasteiger partial charge in [-0.3, -0.25) is 9.36 Å². The number of carbonyl (C=O) groups is 1. The van der Waals surface area contributed by atoms with E-state index in [1.54, 1.807) is 0 Å². The predicted molar refractivity (Wildman–Crippen MR) is 88.2 cm³/mol. The number of ether oxygens (including phenoxy) is 1. The molecule has 0 amide bonds. The Balaban J connectivity index is 2.00. The van der Waals surface area contributed by atoms with Gasteiger partial charge in [0.15, 0.2) is 0 Å². The van der Waals surface area contributed by atoms with Gasteiger partial charge in [-0.15, -0.1) is 0 Å². The fourth-order valence-electron chi connectivity index (χ4n) is 3.53. The van der Waals surface area contributed by atoms with E-state index in [0.29, 0.717) is 17.9 Å². The number of hydrogen-bond donors (Lipinski definition) is 0. The molecule has 0 bridgehead atoms. The highest BCUT2D eigenvalue weighted by molar-refractivity contribution is 5.78. The molecule has 0 N–H and O–H groups in total. The van der Waals surface area contributed by atoms with Crippen LogP contribution in [0.2, 0.25) is 0 Å². The number of nitrogens with zero attached hydrogens (tertiary/aromatic N) is 2. The summed E-state index contributed by atoms with van der Waals surface area (Å²) in [6.45, 7) is 0. The minimum atomic E-state index is -0.717. The lowest BCUT2D eigenvalue weighted by Gasteiger charge is -2.26. The van der Waals surface area contributed by atoms with Crippen LogP contribution in [0, 0.1) is 11.7 Å². The number of hydrogen-bond acceptors (Lipinski definition) is 4. The summed E-state index contributed by atoms with van der Waals surface area (Å²) < 4.78 is 19.7. The van der Waals surface area contributed by atoms with Crippen LogP contribution in [0.4, 0.5) is 4.39 Å². The number of halogens is 1. The Kier molecular flexibility index (Phi) is 4.92. The summed E-state index contributed by atoms with van der Waals surface area (Å²) in [7, 11) is 1.31. The topological polar surface area (TPSA) is 61.2 Å². The predicted octanol–water partition coefficient (Wildman–Crippen LogP) is 3.22. The molecular weight excluding hydrogens is 311 g/mol. The van der Waals surface area contributed by atoms with Crippen LogP contribution in [0.5, 0.6) is 0 Å². The number of benzene rings is 1. The van der Waals surface area contributed by atoms with Crippen molar-refractivity contribution in [2.45, 2.75) is 44.6 Å². The Morgan fingerprint density at radius 2 is 2.12 bits per heavy atom. The molecule has 1 aromatic carbocycles. The van der Waals surface area contributed by atoms with Crippen molar-refractivity contribution in [3.8, 4) is 0 Å². The number of carbonyl (C=O) groups excluding carboxylic acids is 1. The van der Waals surface area contributed by atoms with Crippen LogP contribution in [-0.2, 0) is 9.53 Å². The summed E-state index contributed by atoms with van der Waals surface area (Å²) in [4.78, 5) is 29.2. The second kappa shape index (κ2) is 7.11. The zero-order valence-electron chi connectivity index (χ0n) is 13.7. The van der Waals surface area contributed by atoms with Crippen molar-refractivity contribution in [2.24, 2.45) is 5.92 Å². The molecule has 128 valence electrons. The first-order valence-corrected chi connectivity index (χ1v) is 8.34. The van der Waals surface area contributed by atoms with E-state index < -0.39 is 23.4 Å². The molecule has 1 saturated carbocycles. The van der Waals surface area contributed by atoms with Crippen LogP contribution in [0.1, 0.15) is 44.6 Å². The van der Waals surface area contributed by atoms with Crippen LogP contribution in [-0.4, -0.2) is 22.6 Å². The lowest BCUT2D eigenvalue weighted by atomic mass is 9.84. The molecule has 24 heavy (non-hydrogen) atoms. The summed E-state index contributed by atoms with van der Waals surface area (Å²) in [6.07, 6.45) is 7.54. The van der Waals surface area contributed by atoms with E-state index in [0.717, 1.165) is 31.7 Å². The Labute approximate surface area is 139 Å². The fraction of sp³-hybridized carbons (Fsp3) is 0.500. The van der Waals surface area contributed by atoms with E-state index in [-0.39, 0.29) is 5.39 Å². The maximum Gasteiger partial charge on any atom is 0.329 e. The second-order valence-electron chi connectivity index (χ2n) is 6.40. The first-order valence-electron chi connectivity index (χ1n) is 8.34. The van der Waals surface area contributed by atoms with Crippen molar-refractivity contribution in [3.63, 3.8) is 0 Å². The van der Waals surface area contributed by atoms with E-state index in [9.17, 15) is 14.0 Å². The van der Waals surface area contributed by atoms with Crippen LogP contribution in [0.25, 0.3) is 10.9 Å². The van der Waals surface area contributed by atoms with Gasteiger partial charge in [0.2, 0.25) is 0 Å². The average Bonchev–Trinajstić information content (AvgIpc) is 2.61. The molecule has 3 rings (SSSR count). The van der Waals surface area contributed by atoms with Crippen molar-refractivity contribution in [2.75, 3.05) is 7.11 Å². The maximum atomic E-state index is 13.5. The summed E-state index contributed by atoms with van der Waals surface area (Å²) in [5.41, 5.74) is 0.00430. The van der Waals surface area contributed by atoms with Crippen LogP contribution in [0.15, 0.2) is 29.3 Å². The summed E-state index contributed by atoms with van der Waals surface area (Å²) in [6, 6.07) is 3.17. The third-order valence-corrected chi connectivity index (χ3v) is 4.84. The molecule has 1 aliphatic carbocycles. The van der Waals surface area contributed by atoms with E-state index in [1.807, 2.05) is 0 Å². The molecular formula is C18H21FN2O3. The molecule has 0 radical (unpaired) electrons. The number of rotatable bonds is 4. The Hall–Kier alpha value is -2.24. The zero-order valence-corrected chi connectivity index (χ0v) is 13.7. The second-order valence-corrected chi connectivity index (χ2v) is 6.40. The van der Waals surface area contributed by atoms with E-state index in [1.165, 1.54) is 36.6 Å². The fourth-order valence-corrected chi connectivity index (χ4v) is 3.53. The van der Waals surface area contributed by atoms with Crippen molar-refractivity contribution in [3.05, 3.63) is 40.7 Å². The van der Waals surface area contributed by atoms with Gasteiger partial charge in [-0.25, -0.2) is 14.2 Å². The van der Waals surface area contributed by atoms with Gasteiger partial charge in [-0.2, -0.15) is 0 Å². The molecule has 0 spiro atoms. The van der Waals surface area contributed by atoms with Gasteiger partial charge in [0, 0.05) is 0 Å². The van der Waals surface area contributed by atoms with E-state index in [4.69, 9.17) is 4.74 Å². The normalized spacial score (nSPS) is 16.9. The molecule has 1 atom stereocenters. The Morgan fingerprint density at radius 3 is 2.83 bits per heavy atom. The molecule has 5 nitrogen and oxygen atoms in total. The standard InChI is InChI=1S/C18H21FN2O3/c1-24-18(23)16(9-12-5-3-2-4-6-12)21-11-20-15-8-7-13(19)10-14(15)17(21)22/h7-8,10-12,16H,2-6,9H2,1H3. The molecule has 1 unspecified atom stereocenters. The highest BCUT2D eigenvalue weighted by Crippen LogP contribution is 2.31. The van der Waals surface area contributed by atoms with Gasteiger partial charge in [-0.05, 0) is 30.5 Å². The quantitative estimate of drug-likeness (QED) is 0.807. The van der Waals surface area contributed by atoms with Gasteiger partial charge >= 0.3 is 5.97 Å². The van der Waals surface area contributed by atoms with Crippen molar-refractivity contribution in [1.29, 1.82) is 0 Å². The highest BCUT2D eigenvalue weighted by Gasteiger charge is 2.28. The smallest absolute Gasteiger partial charge is 0.329 e. The monoisotopic (exact) mass is 332 g/mol. The van der Waals surface area contributed by atoms with E-state index in [2.05, 4.69) is 4.98 Å². The van der Waals surface area contributed by atoms with Crippen LogP contribution in [0.3, 0.4) is 0 Å². The Morgan fingerprint density at radius 1 is 1.38 bits per heavy atom. The molecule has 0 aliphatic heterocycles. The van der Waals surface area contributed by atoms with Gasteiger partial charge in [0.1, 0.15) is 11.9 Å². The van der Waals surface area contributed by atoms with Gasteiger partial charge < -0.3 is 4.74 Å². The third-order valence-electron chi connectivity index (χ3n) is 4.84. The highest BCUT2D eigenvalue weighted by atomic mass is 19.1.